The first-order valence-corrected chi connectivity index (χ1v) is 9.88. The van der Waals surface area contributed by atoms with Crippen LogP contribution < -0.4 is 5.73 Å². The van der Waals surface area contributed by atoms with Gasteiger partial charge in [-0.15, -0.1) is 0 Å². The number of hydrogen-bond donors (Lipinski definition) is 1. The summed E-state index contributed by atoms with van der Waals surface area (Å²) in [4.78, 5) is 12.1. The second-order valence-corrected chi connectivity index (χ2v) is 7.51. The van der Waals surface area contributed by atoms with Crippen molar-refractivity contribution in [2.24, 2.45) is 5.73 Å². The fourth-order valence-corrected chi connectivity index (χ4v) is 4.22. The summed E-state index contributed by atoms with van der Waals surface area (Å²) >= 11 is 0. The molecule has 3 aromatic carbocycles. The van der Waals surface area contributed by atoms with Crippen LogP contribution in [0.25, 0.3) is 33.1 Å². The molecule has 0 bridgehead atoms. The molecule has 0 atom stereocenters. The molecule has 2 aromatic heterocycles. The van der Waals surface area contributed by atoms with E-state index < -0.39 is 17.6 Å². The van der Waals surface area contributed by atoms with Crippen molar-refractivity contribution >= 4 is 27.7 Å². The molecule has 160 valence electrons. The van der Waals surface area contributed by atoms with Crippen LogP contribution in [0.3, 0.4) is 0 Å². The normalized spacial score (nSPS) is 12.0. The number of rotatable bonds is 4. The predicted molar refractivity (Wildman–Crippen MR) is 116 cm³/mol. The van der Waals surface area contributed by atoms with Gasteiger partial charge in [0.25, 0.3) is 0 Å². The number of aromatic nitrogens is 1. The average Bonchev–Trinajstić information content (AvgIpc) is 3.40. The van der Waals surface area contributed by atoms with Crippen molar-refractivity contribution < 1.29 is 22.4 Å². The summed E-state index contributed by atoms with van der Waals surface area (Å²) in [5.74, 6) is 0.0370. The third kappa shape index (κ3) is 3.22. The van der Waals surface area contributed by atoms with Crippen molar-refractivity contribution in [1.29, 1.82) is 0 Å². The molecule has 0 unspecified atom stereocenters. The molecule has 7 heteroatoms. The molecule has 1 amide bonds. The zero-order chi connectivity index (χ0) is 22.5. The molecule has 0 aliphatic rings. The lowest BCUT2D eigenvalue weighted by Crippen LogP contribution is -2.12. The molecule has 0 spiro atoms. The Hall–Kier alpha value is -4.00. The van der Waals surface area contributed by atoms with Crippen LogP contribution in [-0.4, -0.2) is 10.5 Å². The lowest BCUT2D eigenvalue weighted by Gasteiger charge is -2.15. The van der Waals surface area contributed by atoms with E-state index in [-0.39, 0.29) is 12.1 Å². The Labute approximate surface area is 180 Å². The van der Waals surface area contributed by atoms with Gasteiger partial charge in [0.2, 0.25) is 5.91 Å². The first-order valence-electron chi connectivity index (χ1n) is 9.88. The Balaban J connectivity index is 1.81. The van der Waals surface area contributed by atoms with Gasteiger partial charge in [-0.3, -0.25) is 4.79 Å². The highest BCUT2D eigenvalue weighted by atomic mass is 19.4. The van der Waals surface area contributed by atoms with Crippen LogP contribution in [0.1, 0.15) is 21.5 Å². The van der Waals surface area contributed by atoms with Gasteiger partial charge >= 0.3 is 6.18 Å². The summed E-state index contributed by atoms with van der Waals surface area (Å²) < 4.78 is 48.2. The maximum atomic E-state index is 13.6. The van der Waals surface area contributed by atoms with E-state index in [1.54, 1.807) is 41.2 Å². The SMILES string of the molecule is NC(=O)c1cccc2c1c1ccc(-c3ccco3)cc1n2Cc1ccccc1C(F)(F)F. The maximum absolute atomic E-state index is 13.6. The number of amides is 1. The maximum Gasteiger partial charge on any atom is 0.416 e. The molecule has 0 aliphatic heterocycles. The standard InChI is InChI=1S/C25H17F3N2O2/c26-25(27,28)19-7-2-1-5-16(19)14-30-20-8-3-6-18(24(29)31)23(20)17-11-10-15(13-21(17)30)22-9-4-12-32-22/h1-13H,14H2,(H2,29,31). The molecule has 0 fully saturated rings. The van der Waals surface area contributed by atoms with Gasteiger partial charge in [-0.05, 0) is 42.0 Å². The lowest BCUT2D eigenvalue weighted by molar-refractivity contribution is -0.138. The predicted octanol–water partition coefficient (Wildman–Crippen LogP) is 6.22. The summed E-state index contributed by atoms with van der Waals surface area (Å²) in [6.45, 7) is -0.0283. The van der Waals surface area contributed by atoms with Gasteiger partial charge < -0.3 is 14.7 Å². The Kier molecular flexibility index (Phi) is 4.55. The quantitative estimate of drug-likeness (QED) is 0.365. The van der Waals surface area contributed by atoms with Gasteiger partial charge in [-0.2, -0.15) is 13.2 Å². The summed E-state index contributed by atoms with van der Waals surface area (Å²) in [6, 6.07) is 19.7. The Morgan fingerprint density at radius 1 is 0.938 bits per heavy atom. The summed E-state index contributed by atoms with van der Waals surface area (Å²) in [7, 11) is 0. The van der Waals surface area contributed by atoms with Crippen LogP contribution in [0, 0.1) is 0 Å². The molecular weight excluding hydrogens is 417 g/mol. The van der Waals surface area contributed by atoms with E-state index in [0.717, 1.165) is 17.0 Å². The molecule has 5 aromatic rings. The highest BCUT2D eigenvalue weighted by Gasteiger charge is 2.33. The minimum atomic E-state index is -4.48. The highest BCUT2D eigenvalue weighted by Crippen LogP contribution is 2.37. The van der Waals surface area contributed by atoms with Crippen LogP contribution in [-0.2, 0) is 12.7 Å². The fraction of sp³-hybridized carbons (Fsp3) is 0.0800. The number of carbonyl (C=O) groups excluding carboxylic acids is 1. The number of furan rings is 1. The van der Waals surface area contributed by atoms with Crippen molar-refractivity contribution in [2.75, 3.05) is 0 Å². The number of hydrogen-bond acceptors (Lipinski definition) is 2. The zero-order valence-corrected chi connectivity index (χ0v) is 16.7. The van der Waals surface area contributed by atoms with Crippen LogP contribution in [0.15, 0.2) is 83.5 Å². The first kappa shape index (κ1) is 19.9. The van der Waals surface area contributed by atoms with Crippen LogP contribution >= 0.6 is 0 Å². The summed E-state index contributed by atoms with van der Waals surface area (Å²) in [5, 5.41) is 1.35. The van der Waals surface area contributed by atoms with E-state index in [9.17, 15) is 18.0 Å². The minimum absolute atomic E-state index is 0.0283. The van der Waals surface area contributed by atoms with Gasteiger partial charge in [0.05, 0.1) is 22.9 Å². The molecular formula is C25H17F3N2O2. The largest absolute Gasteiger partial charge is 0.464 e. The van der Waals surface area contributed by atoms with E-state index in [0.29, 0.717) is 27.7 Å². The summed E-state index contributed by atoms with van der Waals surface area (Å²) in [5.41, 5.74) is 7.45. The van der Waals surface area contributed by atoms with Crippen LogP contribution in [0.2, 0.25) is 0 Å². The Morgan fingerprint density at radius 3 is 2.47 bits per heavy atom. The smallest absolute Gasteiger partial charge is 0.416 e. The topological polar surface area (TPSA) is 61.2 Å². The Morgan fingerprint density at radius 2 is 1.75 bits per heavy atom. The van der Waals surface area contributed by atoms with Gasteiger partial charge in [0, 0.05) is 28.4 Å². The number of halogens is 3. The first-order chi connectivity index (χ1) is 15.3. The average molecular weight is 434 g/mol. The van der Waals surface area contributed by atoms with Crippen molar-refractivity contribution in [1.82, 2.24) is 4.57 Å². The number of carbonyl (C=O) groups is 1. The minimum Gasteiger partial charge on any atom is -0.464 e. The molecule has 5 rings (SSSR count). The van der Waals surface area contributed by atoms with E-state index >= 15 is 0 Å². The van der Waals surface area contributed by atoms with Gasteiger partial charge in [-0.25, -0.2) is 0 Å². The van der Waals surface area contributed by atoms with Crippen molar-refractivity contribution in [3.8, 4) is 11.3 Å². The number of nitrogens with two attached hydrogens (primary N) is 1. The van der Waals surface area contributed by atoms with Crippen molar-refractivity contribution in [2.45, 2.75) is 12.7 Å². The van der Waals surface area contributed by atoms with E-state index in [4.69, 9.17) is 10.2 Å². The molecule has 0 saturated carbocycles. The monoisotopic (exact) mass is 434 g/mol. The third-order valence-electron chi connectivity index (χ3n) is 5.61. The molecule has 0 saturated heterocycles. The molecule has 0 aliphatic carbocycles. The number of nitrogens with zero attached hydrogens (tertiary/aromatic N) is 1. The number of benzene rings is 3. The van der Waals surface area contributed by atoms with E-state index in [1.807, 2.05) is 24.3 Å². The van der Waals surface area contributed by atoms with Crippen molar-refractivity contribution in [3.63, 3.8) is 0 Å². The zero-order valence-electron chi connectivity index (χ0n) is 16.7. The number of alkyl halides is 3. The number of fused-ring (bicyclic) bond motifs is 3. The molecule has 2 N–H and O–H groups in total. The molecule has 32 heavy (non-hydrogen) atoms. The van der Waals surface area contributed by atoms with E-state index in [2.05, 4.69) is 0 Å². The second kappa shape index (κ2) is 7.30. The number of primary amides is 1. The third-order valence-corrected chi connectivity index (χ3v) is 5.61. The molecule has 0 radical (unpaired) electrons. The molecule has 2 heterocycles. The molecule has 4 nitrogen and oxygen atoms in total. The lowest BCUT2D eigenvalue weighted by atomic mass is 10.0. The van der Waals surface area contributed by atoms with Crippen LogP contribution in [0.5, 0.6) is 0 Å². The van der Waals surface area contributed by atoms with Crippen LogP contribution in [0.4, 0.5) is 13.2 Å². The van der Waals surface area contributed by atoms with Gasteiger partial charge in [0.15, 0.2) is 0 Å². The fourth-order valence-electron chi connectivity index (χ4n) is 4.22. The van der Waals surface area contributed by atoms with Crippen molar-refractivity contribution in [3.05, 3.63) is 95.7 Å². The van der Waals surface area contributed by atoms with Gasteiger partial charge in [0.1, 0.15) is 5.76 Å². The highest BCUT2D eigenvalue weighted by molar-refractivity contribution is 6.18. The van der Waals surface area contributed by atoms with E-state index in [1.165, 1.54) is 12.1 Å². The second-order valence-electron chi connectivity index (χ2n) is 7.51. The Bertz CT molecular complexity index is 1460. The summed E-state index contributed by atoms with van der Waals surface area (Å²) in [6.07, 6.45) is -2.92. The van der Waals surface area contributed by atoms with Gasteiger partial charge in [-0.1, -0.05) is 36.4 Å².